The average Bonchev–Trinajstić information content (AvgIpc) is 2.62. The second kappa shape index (κ2) is 9.17. The monoisotopic (exact) mass is 354 g/mol. The minimum atomic E-state index is -0.462. The Bertz CT molecular complexity index is 662. The lowest BCUT2D eigenvalue weighted by Crippen LogP contribution is -2.48. The molecular weight excluding hydrogens is 324 g/mol. The molecule has 1 aliphatic heterocycles. The fourth-order valence-electron chi connectivity index (χ4n) is 3.53. The normalized spacial score (nSPS) is 17.2. The Kier molecular flexibility index (Phi) is 6.67. The first-order valence-corrected chi connectivity index (χ1v) is 9.46. The number of piperazine rings is 1. The van der Waals surface area contributed by atoms with Gasteiger partial charge in [0.2, 0.25) is 0 Å². The molecule has 2 aromatic carbocycles. The van der Waals surface area contributed by atoms with Crippen molar-refractivity contribution in [1.82, 2.24) is 9.80 Å². The predicted octanol–water partition coefficient (Wildman–Crippen LogP) is 2.86. The predicted molar refractivity (Wildman–Crippen MR) is 106 cm³/mol. The maximum atomic E-state index is 10.3. The summed E-state index contributed by atoms with van der Waals surface area (Å²) in [4.78, 5) is 4.81. The molecule has 1 aliphatic rings. The number of nitrogens with zero attached hydrogens (tertiary/aromatic N) is 2. The highest BCUT2D eigenvalue weighted by molar-refractivity contribution is 5.33. The fourth-order valence-corrected chi connectivity index (χ4v) is 3.53. The van der Waals surface area contributed by atoms with Gasteiger partial charge in [-0.15, -0.1) is 0 Å². The lowest BCUT2D eigenvalue weighted by atomic mass is 10.1. The van der Waals surface area contributed by atoms with Gasteiger partial charge in [-0.25, -0.2) is 0 Å². The van der Waals surface area contributed by atoms with E-state index in [0.717, 1.165) is 38.5 Å². The van der Waals surface area contributed by atoms with Crippen LogP contribution >= 0.6 is 0 Å². The largest absolute Gasteiger partial charge is 0.491 e. The molecule has 1 heterocycles. The standard InChI is InChI=1S/C22H30N2O2/c1-18-12-19(2)14-22(13-18)26-17-21(25)16-24-10-8-23(9-11-24)15-20-6-4-3-5-7-20/h3-7,12-14,21,25H,8-11,15-17H2,1-2H3/t21-/m1/s1. The molecule has 2 aromatic rings. The molecular formula is C22H30N2O2. The van der Waals surface area contributed by atoms with Crippen molar-refractivity contribution < 1.29 is 9.84 Å². The van der Waals surface area contributed by atoms with E-state index in [9.17, 15) is 5.11 Å². The van der Waals surface area contributed by atoms with E-state index in [1.54, 1.807) is 0 Å². The Hall–Kier alpha value is -1.88. The van der Waals surface area contributed by atoms with Gasteiger partial charge in [0.25, 0.3) is 0 Å². The van der Waals surface area contributed by atoms with Crippen molar-refractivity contribution in [3.63, 3.8) is 0 Å². The number of hydrogen-bond donors (Lipinski definition) is 1. The number of aliphatic hydroxyl groups excluding tert-OH is 1. The summed E-state index contributed by atoms with van der Waals surface area (Å²) in [6.07, 6.45) is -0.462. The van der Waals surface area contributed by atoms with Crippen LogP contribution in [0.1, 0.15) is 16.7 Å². The van der Waals surface area contributed by atoms with Gasteiger partial charge in [0.05, 0.1) is 0 Å². The zero-order valence-electron chi connectivity index (χ0n) is 15.9. The van der Waals surface area contributed by atoms with Crippen LogP contribution < -0.4 is 4.74 Å². The molecule has 0 saturated carbocycles. The maximum absolute atomic E-state index is 10.3. The molecule has 0 amide bonds. The van der Waals surface area contributed by atoms with Crippen LogP contribution in [0.2, 0.25) is 0 Å². The Labute approximate surface area is 157 Å². The summed E-state index contributed by atoms with van der Waals surface area (Å²) in [6, 6.07) is 16.8. The average molecular weight is 354 g/mol. The van der Waals surface area contributed by atoms with Crippen LogP contribution in [0.25, 0.3) is 0 Å². The Balaban J connectivity index is 1.38. The molecule has 0 unspecified atom stereocenters. The number of aliphatic hydroxyl groups is 1. The van der Waals surface area contributed by atoms with Crippen molar-refractivity contribution in [2.75, 3.05) is 39.3 Å². The van der Waals surface area contributed by atoms with E-state index in [4.69, 9.17) is 4.74 Å². The number of β-amino-alcohol motifs (C(OH)–C–C–N with tert-alkyl or cyclic N) is 1. The lowest BCUT2D eigenvalue weighted by molar-refractivity contribution is 0.0446. The first-order valence-electron chi connectivity index (χ1n) is 9.46. The first kappa shape index (κ1) is 18.9. The highest BCUT2D eigenvalue weighted by Crippen LogP contribution is 2.16. The third-order valence-electron chi connectivity index (χ3n) is 4.82. The molecule has 0 aromatic heterocycles. The molecule has 140 valence electrons. The summed E-state index contributed by atoms with van der Waals surface area (Å²) in [5, 5.41) is 10.3. The van der Waals surface area contributed by atoms with Gasteiger partial charge in [0, 0.05) is 39.3 Å². The molecule has 3 rings (SSSR count). The van der Waals surface area contributed by atoms with Gasteiger partial charge in [-0.3, -0.25) is 9.80 Å². The quantitative estimate of drug-likeness (QED) is 0.829. The molecule has 4 heteroatoms. The van der Waals surface area contributed by atoms with E-state index in [-0.39, 0.29) is 0 Å². The summed E-state index contributed by atoms with van der Waals surface area (Å²) in [6.45, 7) is 10.2. The highest BCUT2D eigenvalue weighted by atomic mass is 16.5. The number of rotatable bonds is 7. The maximum Gasteiger partial charge on any atom is 0.119 e. The van der Waals surface area contributed by atoms with Crippen molar-refractivity contribution in [2.45, 2.75) is 26.5 Å². The summed E-state index contributed by atoms with van der Waals surface area (Å²) in [7, 11) is 0. The second-order valence-corrected chi connectivity index (χ2v) is 7.35. The minimum Gasteiger partial charge on any atom is -0.491 e. The molecule has 1 atom stereocenters. The van der Waals surface area contributed by atoms with Gasteiger partial charge in [-0.1, -0.05) is 36.4 Å². The van der Waals surface area contributed by atoms with Crippen molar-refractivity contribution >= 4 is 0 Å². The third kappa shape index (κ3) is 5.84. The van der Waals surface area contributed by atoms with E-state index >= 15 is 0 Å². The van der Waals surface area contributed by atoms with Crippen LogP contribution in [0.4, 0.5) is 0 Å². The molecule has 4 nitrogen and oxygen atoms in total. The Morgan fingerprint density at radius 3 is 2.19 bits per heavy atom. The van der Waals surface area contributed by atoms with Gasteiger partial charge in [0.15, 0.2) is 0 Å². The summed E-state index contributed by atoms with van der Waals surface area (Å²) in [5.74, 6) is 0.842. The Morgan fingerprint density at radius 1 is 0.923 bits per heavy atom. The van der Waals surface area contributed by atoms with Crippen LogP contribution in [-0.4, -0.2) is 60.3 Å². The third-order valence-corrected chi connectivity index (χ3v) is 4.82. The minimum absolute atomic E-state index is 0.340. The number of benzene rings is 2. The molecule has 0 spiro atoms. The van der Waals surface area contributed by atoms with Gasteiger partial charge in [-0.2, -0.15) is 0 Å². The Morgan fingerprint density at radius 2 is 1.54 bits per heavy atom. The molecule has 0 aliphatic carbocycles. The second-order valence-electron chi connectivity index (χ2n) is 7.35. The summed E-state index contributed by atoms with van der Waals surface area (Å²) >= 11 is 0. The summed E-state index contributed by atoms with van der Waals surface area (Å²) < 4.78 is 5.78. The van der Waals surface area contributed by atoms with Crippen molar-refractivity contribution in [3.05, 3.63) is 65.2 Å². The lowest BCUT2D eigenvalue weighted by Gasteiger charge is -2.35. The van der Waals surface area contributed by atoms with E-state index in [2.05, 4.69) is 60.0 Å². The van der Waals surface area contributed by atoms with Gasteiger partial charge < -0.3 is 9.84 Å². The number of ether oxygens (including phenoxy) is 1. The first-order chi connectivity index (χ1) is 12.6. The topological polar surface area (TPSA) is 35.9 Å². The van der Waals surface area contributed by atoms with Crippen molar-refractivity contribution in [1.29, 1.82) is 0 Å². The smallest absolute Gasteiger partial charge is 0.119 e. The van der Waals surface area contributed by atoms with Crippen LogP contribution in [0, 0.1) is 13.8 Å². The van der Waals surface area contributed by atoms with E-state index < -0.39 is 6.10 Å². The highest BCUT2D eigenvalue weighted by Gasteiger charge is 2.19. The zero-order valence-corrected chi connectivity index (χ0v) is 15.9. The van der Waals surface area contributed by atoms with Crippen molar-refractivity contribution in [3.8, 4) is 5.75 Å². The number of aryl methyl sites for hydroxylation is 2. The van der Waals surface area contributed by atoms with Gasteiger partial charge >= 0.3 is 0 Å². The van der Waals surface area contributed by atoms with Crippen LogP contribution in [0.5, 0.6) is 5.75 Å². The van der Waals surface area contributed by atoms with Gasteiger partial charge in [-0.05, 0) is 42.7 Å². The van der Waals surface area contributed by atoms with Crippen LogP contribution in [-0.2, 0) is 6.54 Å². The fraction of sp³-hybridized carbons (Fsp3) is 0.455. The molecule has 1 N–H and O–H groups in total. The van der Waals surface area contributed by atoms with Gasteiger partial charge in [0.1, 0.15) is 18.5 Å². The molecule has 26 heavy (non-hydrogen) atoms. The SMILES string of the molecule is Cc1cc(C)cc(OC[C@H](O)CN2CCN(Cc3ccccc3)CC2)c1. The summed E-state index contributed by atoms with van der Waals surface area (Å²) in [5.41, 5.74) is 3.73. The van der Waals surface area contributed by atoms with E-state index in [1.165, 1.54) is 16.7 Å². The molecule has 0 radical (unpaired) electrons. The molecule has 1 saturated heterocycles. The molecule has 1 fully saturated rings. The molecule has 0 bridgehead atoms. The number of hydrogen-bond acceptors (Lipinski definition) is 4. The van der Waals surface area contributed by atoms with Crippen LogP contribution in [0.15, 0.2) is 48.5 Å². The zero-order chi connectivity index (χ0) is 18.4. The van der Waals surface area contributed by atoms with E-state index in [0.29, 0.717) is 13.2 Å². The van der Waals surface area contributed by atoms with Crippen LogP contribution in [0.3, 0.4) is 0 Å². The van der Waals surface area contributed by atoms with Crippen molar-refractivity contribution in [2.24, 2.45) is 0 Å². The van der Waals surface area contributed by atoms with E-state index in [1.807, 2.05) is 12.1 Å².